The van der Waals surface area contributed by atoms with Crippen LogP contribution in [0.25, 0.3) is 6.08 Å². The summed E-state index contributed by atoms with van der Waals surface area (Å²) in [6, 6.07) is 22.3. The second kappa shape index (κ2) is 10.9. The van der Waals surface area contributed by atoms with E-state index in [1.165, 1.54) is 4.90 Å². The van der Waals surface area contributed by atoms with Crippen molar-refractivity contribution in [2.75, 3.05) is 13.2 Å². The molecule has 168 valence electrons. The van der Waals surface area contributed by atoms with E-state index in [-0.39, 0.29) is 24.3 Å². The summed E-state index contributed by atoms with van der Waals surface area (Å²) < 4.78 is 12.2. The minimum Gasteiger partial charge on any atom is -0.492 e. The summed E-state index contributed by atoms with van der Waals surface area (Å²) in [5.41, 5.74) is 1.66. The van der Waals surface area contributed by atoms with Crippen LogP contribution in [-0.2, 0) is 11.4 Å². The van der Waals surface area contributed by atoms with Gasteiger partial charge in [0.15, 0.2) is 0 Å². The normalized spacial score (nSPS) is 14.7. The number of thioether (sulfide) groups is 1. The zero-order valence-corrected chi connectivity index (χ0v) is 20.5. The Bertz CT molecular complexity index is 1200. The molecule has 2 amide bonds. The number of carbonyl (C=O) groups excluding carboxylic acids is 2. The van der Waals surface area contributed by atoms with Crippen molar-refractivity contribution in [2.45, 2.75) is 6.61 Å². The fraction of sp³-hybridized carbons (Fsp3) is 0.120. The highest BCUT2D eigenvalue weighted by Crippen LogP contribution is 2.34. The topological polar surface area (TPSA) is 55.8 Å². The van der Waals surface area contributed by atoms with Gasteiger partial charge in [-0.15, -0.1) is 0 Å². The number of hydrogen-bond donors (Lipinski definition) is 0. The molecule has 1 saturated heterocycles. The van der Waals surface area contributed by atoms with E-state index >= 15 is 0 Å². The average molecular weight is 545 g/mol. The summed E-state index contributed by atoms with van der Waals surface area (Å²) in [5, 5.41) is 0.344. The Hall–Kier alpha value is -2.74. The van der Waals surface area contributed by atoms with Gasteiger partial charge in [-0.1, -0.05) is 54.1 Å². The van der Waals surface area contributed by atoms with Crippen LogP contribution in [-0.4, -0.2) is 29.2 Å². The molecule has 5 nitrogen and oxygen atoms in total. The van der Waals surface area contributed by atoms with Gasteiger partial charge in [-0.3, -0.25) is 14.5 Å². The van der Waals surface area contributed by atoms with E-state index in [1.54, 1.807) is 6.08 Å². The van der Waals surface area contributed by atoms with E-state index in [4.69, 9.17) is 21.1 Å². The first kappa shape index (κ1) is 23.4. The van der Waals surface area contributed by atoms with Crippen LogP contribution < -0.4 is 9.47 Å². The molecule has 3 aromatic rings. The number of imide groups is 1. The SMILES string of the molecule is O=C1S/C(=C\c2ccc(OCc3ccccc3Cl)c(Br)c2)C(=O)N1CCOc1ccccc1. The van der Waals surface area contributed by atoms with E-state index in [2.05, 4.69) is 15.9 Å². The van der Waals surface area contributed by atoms with Crippen molar-refractivity contribution in [1.82, 2.24) is 4.90 Å². The molecule has 0 radical (unpaired) electrons. The molecule has 0 saturated carbocycles. The second-order valence-corrected chi connectivity index (χ2v) is 9.32. The average Bonchev–Trinajstić information content (AvgIpc) is 3.07. The minimum atomic E-state index is -0.322. The molecule has 0 aliphatic carbocycles. The summed E-state index contributed by atoms with van der Waals surface area (Å²) >= 11 is 10.6. The van der Waals surface area contributed by atoms with E-state index in [9.17, 15) is 9.59 Å². The van der Waals surface area contributed by atoms with Gasteiger partial charge in [-0.05, 0) is 69.7 Å². The van der Waals surface area contributed by atoms with E-state index in [0.29, 0.717) is 28.0 Å². The fourth-order valence-corrected chi connectivity index (χ4v) is 4.68. The first-order valence-corrected chi connectivity index (χ1v) is 12.1. The fourth-order valence-electron chi connectivity index (χ4n) is 3.11. The Morgan fingerprint density at radius 1 is 0.970 bits per heavy atom. The number of benzene rings is 3. The van der Waals surface area contributed by atoms with Gasteiger partial charge in [0, 0.05) is 10.6 Å². The van der Waals surface area contributed by atoms with E-state index in [0.717, 1.165) is 27.4 Å². The monoisotopic (exact) mass is 543 g/mol. The van der Waals surface area contributed by atoms with Crippen molar-refractivity contribution in [1.29, 1.82) is 0 Å². The van der Waals surface area contributed by atoms with Crippen LogP contribution in [0.15, 0.2) is 82.2 Å². The molecule has 0 N–H and O–H groups in total. The smallest absolute Gasteiger partial charge is 0.293 e. The zero-order chi connectivity index (χ0) is 23.2. The molecule has 0 aromatic heterocycles. The Balaban J connectivity index is 1.37. The van der Waals surface area contributed by atoms with Crippen LogP contribution in [0.3, 0.4) is 0 Å². The quantitative estimate of drug-likeness (QED) is 0.292. The lowest BCUT2D eigenvalue weighted by atomic mass is 10.2. The molecule has 1 heterocycles. The molecular weight excluding hydrogens is 526 g/mol. The number of carbonyl (C=O) groups is 2. The van der Waals surface area contributed by atoms with Crippen LogP contribution >= 0.6 is 39.3 Å². The minimum absolute atomic E-state index is 0.190. The number of nitrogens with zero attached hydrogens (tertiary/aromatic N) is 1. The summed E-state index contributed by atoms with van der Waals surface area (Å²) in [7, 11) is 0. The number of para-hydroxylation sites is 1. The predicted molar refractivity (Wildman–Crippen MR) is 135 cm³/mol. The van der Waals surface area contributed by atoms with Crippen LogP contribution in [0.5, 0.6) is 11.5 Å². The van der Waals surface area contributed by atoms with Gasteiger partial charge >= 0.3 is 0 Å². The van der Waals surface area contributed by atoms with Gasteiger partial charge in [0.25, 0.3) is 11.1 Å². The van der Waals surface area contributed by atoms with Gasteiger partial charge in [-0.2, -0.15) is 0 Å². The maximum Gasteiger partial charge on any atom is 0.293 e. The number of halogens is 2. The van der Waals surface area contributed by atoms with Crippen molar-refractivity contribution < 1.29 is 19.1 Å². The number of ether oxygens (including phenoxy) is 2. The molecule has 8 heteroatoms. The lowest BCUT2D eigenvalue weighted by Crippen LogP contribution is -2.32. The summed E-state index contributed by atoms with van der Waals surface area (Å²) in [5.74, 6) is 1.02. The zero-order valence-electron chi connectivity index (χ0n) is 17.4. The van der Waals surface area contributed by atoms with Crippen LogP contribution in [0.4, 0.5) is 4.79 Å². The molecule has 0 bridgehead atoms. The maximum atomic E-state index is 12.7. The third kappa shape index (κ3) is 5.99. The molecular formula is C25H19BrClNO4S. The molecule has 1 aliphatic rings. The first-order valence-electron chi connectivity index (χ1n) is 10.1. The van der Waals surface area contributed by atoms with Crippen molar-refractivity contribution >= 4 is 56.5 Å². The molecule has 4 rings (SSSR count). The van der Waals surface area contributed by atoms with Gasteiger partial charge in [0.2, 0.25) is 0 Å². The third-order valence-electron chi connectivity index (χ3n) is 4.80. The predicted octanol–water partition coefficient (Wildman–Crippen LogP) is 6.80. The summed E-state index contributed by atoms with van der Waals surface area (Å²) in [6.45, 7) is 0.759. The van der Waals surface area contributed by atoms with Crippen molar-refractivity contribution in [3.8, 4) is 11.5 Å². The number of hydrogen-bond acceptors (Lipinski definition) is 5. The molecule has 0 atom stereocenters. The standard InChI is InChI=1S/C25H19BrClNO4S/c26-20-14-17(10-11-22(20)32-16-18-6-4-5-9-21(18)27)15-23-24(29)28(25(30)33-23)12-13-31-19-7-2-1-3-8-19/h1-11,14-15H,12-13,16H2/b23-15-. The highest BCUT2D eigenvalue weighted by atomic mass is 79.9. The molecule has 1 fully saturated rings. The largest absolute Gasteiger partial charge is 0.492 e. The highest BCUT2D eigenvalue weighted by molar-refractivity contribution is 9.10. The molecule has 0 spiro atoms. The van der Waals surface area contributed by atoms with Gasteiger partial charge < -0.3 is 9.47 Å². The first-order chi connectivity index (χ1) is 16.0. The highest BCUT2D eigenvalue weighted by Gasteiger charge is 2.34. The Kier molecular flexibility index (Phi) is 7.75. The van der Waals surface area contributed by atoms with Crippen molar-refractivity contribution in [2.24, 2.45) is 0 Å². The maximum absolute atomic E-state index is 12.7. The lowest BCUT2D eigenvalue weighted by Gasteiger charge is -2.13. The summed E-state index contributed by atoms with van der Waals surface area (Å²) in [6.07, 6.45) is 1.70. The molecule has 0 unspecified atom stereocenters. The molecule has 33 heavy (non-hydrogen) atoms. The van der Waals surface area contributed by atoms with Crippen LogP contribution in [0.1, 0.15) is 11.1 Å². The Labute approximate surface area is 209 Å². The van der Waals surface area contributed by atoms with Crippen molar-refractivity contribution in [3.63, 3.8) is 0 Å². The molecule has 3 aromatic carbocycles. The van der Waals surface area contributed by atoms with Gasteiger partial charge in [-0.25, -0.2) is 0 Å². The number of rotatable bonds is 8. The van der Waals surface area contributed by atoms with Crippen molar-refractivity contribution in [3.05, 3.63) is 98.3 Å². The van der Waals surface area contributed by atoms with Gasteiger partial charge in [0.1, 0.15) is 24.7 Å². The van der Waals surface area contributed by atoms with E-state index < -0.39 is 0 Å². The van der Waals surface area contributed by atoms with Crippen LogP contribution in [0.2, 0.25) is 5.02 Å². The van der Waals surface area contributed by atoms with Gasteiger partial charge in [0.05, 0.1) is 15.9 Å². The lowest BCUT2D eigenvalue weighted by molar-refractivity contribution is -0.123. The molecule has 1 aliphatic heterocycles. The van der Waals surface area contributed by atoms with E-state index in [1.807, 2.05) is 72.8 Å². The summed E-state index contributed by atoms with van der Waals surface area (Å²) in [4.78, 5) is 26.6. The van der Waals surface area contributed by atoms with Crippen LogP contribution in [0, 0.1) is 0 Å². The Morgan fingerprint density at radius 2 is 1.73 bits per heavy atom. The Morgan fingerprint density at radius 3 is 2.48 bits per heavy atom. The number of amides is 2. The third-order valence-corrected chi connectivity index (χ3v) is 6.69. The second-order valence-electron chi connectivity index (χ2n) is 7.06.